The molecule has 1 aliphatic carbocycles. The van der Waals surface area contributed by atoms with E-state index in [1.807, 2.05) is 13.0 Å². The van der Waals surface area contributed by atoms with Gasteiger partial charge in [-0.2, -0.15) is 5.26 Å². The smallest absolute Gasteiger partial charge is 0.308 e. The highest BCUT2D eigenvalue weighted by Crippen LogP contribution is 2.36. The van der Waals surface area contributed by atoms with Gasteiger partial charge in [-0.15, -0.1) is 0 Å². The Balaban J connectivity index is 2.21. The zero-order chi connectivity index (χ0) is 18.4. The van der Waals surface area contributed by atoms with E-state index in [1.165, 1.54) is 19.1 Å². The number of esters is 1. The lowest BCUT2D eigenvalue weighted by molar-refractivity contribution is -0.147. The summed E-state index contributed by atoms with van der Waals surface area (Å²) < 4.78 is 10.8. The Hall–Kier alpha value is -2.39. The highest BCUT2D eigenvalue weighted by atomic mass is 16.5. The number of hydrogen-bond donors (Lipinski definition) is 1. The zero-order valence-corrected chi connectivity index (χ0v) is 14.9. The van der Waals surface area contributed by atoms with Crippen LogP contribution in [0.3, 0.4) is 0 Å². The molecule has 1 amide bonds. The Morgan fingerprint density at radius 2 is 2.20 bits per heavy atom. The van der Waals surface area contributed by atoms with Crippen molar-refractivity contribution in [1.82, 2.24) is 0 Å². The van der Waals surface area contributed by atoms with E-state index in [2.05, 4.69) is 12.2 Å². The summed E-state index contributed by atoms with van der Waals surface area (Å²) in [6.45, 7) is 5.75. The van der Waals surface area contributed by atoms with Crippen LogP contribution < -0.4 is 10.1 Å². The number of nitrogens with one attached hydrogen (secondary N) is 1. The SMILES string of the molecule is CCOC1(C(=O)Nc2ccc(OC(C)=O)c(C#N)c2)CCCC(C)C1. The molecule has 6 heteroatoms. The van der Waals surface area contributed by atoms with Crippen LogP contribution in [0.25, 0.3) is 0 Å². The Kier molecular flexibility index (Phi) is 6.16. The summed E-state index contributed by atoms with van der Waals surface area (Å²) in [6, 6.07) is 6.60. The van der Waals surface area contributed by atoms with Crippen LogP contribution >= 0.6 is 0 Å². The molecule has 1 N–H and O–H groups in total. The van der Waals surface area contributed by atoms with E-state index in [0.29, 0.717) is 31.1 Å². The van der Waals surface area contributed by atoms with Crippen molar-refractivity contribution in [2.75, 3.05) is 11.9 Å². The number of carbonyl (C=O) groups is 2. The summed E-state index contributed by atoms with van der Waals surface area (Å²) in [4.78, 5) is 24.0. The van der Waals surface area contributed by atoms with Crippen molar-refractivity contribution < 1.29 is 19.1 Å². The molecule has 0 radical (unpaired) electrons. The average Bonchev–Trinajstić information content (AvgIpc) is 2.56. The van der Waals surface area contributed by atoms with E-state index in [1.54, 1.807) is 6.07 Å². The minimum Gasteiger partial charge on any atom is -0.425 e. The van der Waals surface area contributed by atoms with E-state index >= 15 is 0 Å². The minimum absolute atomic E-state index is 0.179. The predicted molar refractivity (Wildman–Crippen MR) is 93.1 cm³/mol. The van der Waals surface area contributed by atoms with Crippen LogP contribution in [0.15, 0.2) is 18.2 Å². The van der Waals surface area contributed by atoms with Gasteiger partial charge in [0.25, 0.3) is 5.91 Å². The fraction of sp³-hybridized carbons (Fsp3) is 0.526. The Morgan fingerprint density at radius 1 is 1.44 bits per heavy atom. The Bertz CT molecular complexity index is 691. The predicted octanol–water partition coefficient (Wildman–Crippen LogP) is 3.41. The first kappa shape index (κ1) is 18.9. The molecule has 2 rings (SSSR count). The number of anilines is 1. The highest BCUT2D eigenvalue weighted by molar-refractivity contribution is 5.97. The van der Waals surface area contributed by atoms with E-state index in [-0.39, 0.29) is 17.2 Å². The number of carbonyl (C=O) groups excluding carboxylic acids is 2. The lowest BCUT2D eigenvalue weighted by Gasteiger charge is -2.38. The van der Waals surface area contributed by atoms with Crippen LogP contribution in [0.2, 0.25) is 0 Å². The van der Waals surface area contributed by atoms with Gasteiger partial charge in [0, 0.05) is 19.2 Å². The molecule has 1 aromatic carbocycles. The van der Waals surface area contributed by atoms with Crippen LogP contribution in [-0.2, 0) is 14.3 Å². The van der Waals surface area contributed by atoms with Crippen LogP contribution in [0.4, 0.5) is 5.69 Å². The van der Waals surface area contributed by atoms with Gasteiger partial charge in [-0.25, -0.2) is 0 Å². The second-order valence-electron chi connectivity index (χ2n) is 6.50. The summed E-state index contributed by atoms with van der Waals surface area (Å²) in [6.07, 6.45) is 3.41. The summed E-state index contributed by atoms with van der Waals surface area (Å²) >= 11 is 0. The normalized spacial score (nSPS) is 22.7. The molecule has 1 saturated carbocycles. The van der Waals surface area contributed by atoms with Gasteiger partial charge in [0.05, 0.1) is 5.56 Å². The minimum atomic E-state index is -0.826. The molecule has 0 spiro atoms. The van der Waals surface area contributed by atoms with E-state index in [0.717, 1.165) is 12.8 Å². The maximum atomic E-state index is 12.9. The maximum Gasteiger partial charge on any atom is 0.308 e. The van der Waals surface area contributed by atoms with Gasteiger partial charge in [0.1, 0.15) is 17.4 Å². The molecule has 6 nitrogen and oxygen atoms in total. The summed E-state index contributed by atoms with van der Waals surface area (Å²) in [5, 5.41) is 12.1. The van der Waals surface area contributed by atoms with Gasteiger partial charge in [0.15, 0.2) is 0 Å². The third kappa shape index (κ3) is 4.58. The van der Waals surface area contributed by atoms with Crippen LogP contribution in [0.1, 0.15) is 52.0 Å². The molecule has 134 valence electrons. The zero-order valence-electron chi connectivity index (χ0n) is 14.9. The molecule has 0 heterocycles. The van der Waals surface area contributed by atoms with Gasteiger partial charge in [0.2, 0.25) is 0 Å². The van der Waals surface area contributed by atoms with E-state index < -0.39 is 11.6 Å². The summed E-state index contributed by atoms with van der Waals surface area (Å²) in [5.74, 6) is -0.0873. The second-order valence-corrected chi connectivity index (χ2v) is 6.50. The lowest BCUT2D eigenvalue weighted by atomic mass is 9.78. The molecule has 1 fully saturated rings. The van der Waals surface area contributed by atoms with Crippen LogP contribution in [0.5, 0.6) is 5.75 Å². The fourth-order valence-electron chi connectivity index (χ4n) is 3.37. The van der Waals surface area contributed by atoms with Crippen molar-refractivity contribution >= 4 is 17.6 Å². The van der Waals surface area contributed by atoms with Gasteiger partial charge < -0.3 is 14.8 Å². The van der Waals surface area contributed by atoms with E-state index in [9.17, 15) is 14.9 Å². The molecule has 1 aromatic rings. The topological polar surface area (TPSA) is 88.4 Å². The molecule has 2 unspecified atom stereocenters. The molecule has 1 aliphatic rings. The molecular formula is C19H24N2O4. The van der Waals surface area contributed by atoms with Crippen molar-refractivity contribution in [3.05, 3.63) is 23.8 Å². The molecule has 2 atom stereocenters. The highest BCUT2D eigenvalue weighted by Gasteiger charge is 2.42. The summed E-state index contributed by atoms with van der Waals surface area (Å²) in [7, 11) is 0. The first-order chi connectivity index (χ1) is 11.9. The number of amides is 1. The van der Waals surface area contributed by atoms with Gasteiger partial charge in [-0.1, -0.05) is 13.3 Å². The van der Waals surface area contributed by atoms with Gasteiger partial charge in [-0.3, -0.25) is 9.59 Å². The fourth-order valence-corrected chi connectivity index (χ4v) is 3.37. The number of benzene rings is 1. The Labute approximate surface area is 148 Å². The number of rotatable bonds is 5. The van der Waals surface area contributed by atoms with Gasteiger partial charge >= 0.3 is 5.97 Å². The molecule has 0 bridgehead atoms. The second kappa shape index (κ2) is 8.13. The van der Waals surface area contributed by atoms with Crippen molar-refractivity contribution in [1.29, 1.82) is 5.26 Å². The first-order valence-corrected chi connectivity index (χ1v) is 8.58. The summed E-state index contributed by atoms with van der Waals surface area (Å²) in [5.41, 5.74) is -0.154. The third-order valence-electron chi connectivity index (χ3n) is 4.40. The van der Waals surface area contributed by atoms with Crippen molar-refractivity contribution in [3.63, 3.8) is 0 Å². The van der Waals surface area contributed by atoms with Crippen molar-refractivity contribution in [3.8, 4) is 11.8 Å². The lowest BCUT2D eigenvalue weighted by Crippen LogP contribution is -2.48. The molecular weight excluding hydrogens is 320 g/mol. The number of hydrogen-bond acceptors (Lipinski definition) is 5. The van der Waals surface area contributed by atoms with E-state index in [4.69, 9.17) is 9.47 Å². The van der Waals surface area contributed by atoms with Gasteiger partial charge in [-0.05, 0) is 50.3 Å². The third-order valence-corrected chi connectivity index (χ3v) is 4.40. The molecule has 0 aromatic heterocycles. The number of nitriles is 1. The van der Waals surface area contributed by atoms with Crippen molar-refractivity contribution in [2.24, 2.45) is 5.92 Å². The monoisotopic (exact) mass is 344 g/mol. The maximum absolute atomic E-state index is 12.9. The quantitative estimate of drug-likeness (QED) is 0.653. The van der Waals surface area contributed by atoms with Crippen molar-refractivity contribution in [2.45, 2.75) is 52.1 Å². The first-order valence-electron chi connectivity index (χ1n) is 8.58. The molecule has 25 heavy (non-hydrogen) atoms. The number of nitrogens with zero attached hydrogens (tertiary/aromatic N) is 1. The average molecular weight is 344 g/mol. The largest absolute Gasteiger partial charge is 0.425 e. The molecule has 0 saturated heterocycles. The van der Waals surface area contributed by atoms with Crippen LogP contribution in [-0.4, -0.2) is 24.1 Å². The Morgan fingerprint density at radius 3 is 2.80 bits per heavy atom. The standard InChI is InChI=1S/C19H24N2O4/c1-4-24-19(9-5-6-13(2)11-19)18(23)21-16-7-8-17(25-14(3)22)15(10-16)12-20/h7-8,10,13H,4-6,9,11H2,1-3H3,(H,21,23). The molecule has 0 aliphatic heterocycles. The van der Waals surface area contributed by atoms with Crippen LogP contribution in [0, 0.1) is 17.2 Å². The number of ether oxygens (including phenoxy) is 2.